The van der Waals surface area contributed by atoms with Gasteiger partial charge in [0.05, 0.1) is 23.0 Å². The van der Waals surface area contributed by atoms with Crippen molar-refractivity contribution in [3.8, 4) is 0 Å². The van der Waals surface area contributed by atoms with Gasteiger partial charge in [-0.2, -0.15) is 5.10 Å². The summed E-state index contributed by atoms with van der Waals surface area (Å²) in [4.78, 5) is 4.47. The van der Waals surface area contributed by atoms with E-state index in [-0.39, 0.29) is 6.04 Å². The van der Waals surface area contributed by atoms with Gasteiger partial charge >= 0.3 is 0 Å². The van der Waals surface area contributed by atoms with Gasteiger partial charge in [0.1, 0.15) is 0 Å². The van der Waals surface area contributed by atoms with Crippen molar-refractivity contribution in [1.29, 1.82) is 0 Å². The van der Waals surface area contributed by atoms with Crippen LogP contribution in [0.1, 0.15) is 35.6 Å². The zero-order chi connectivity index (χ0) is 14.0. The Balaban J connectivity index is 2.52. The monoisotopic (exact) mass is 279 g/mol. The fourth-order valence-electron chi connectivity index (χ4n) is 2.23. The third kappa shape index (κ3) is 2.63. The number of hydrogen-bond acceptors (Lipinski definition) is 4. The van der Waals surface area contributed by atoms with Gasteiger partial charge in [-0.15, -0.1) is 0 Å². The molecule has 2 heterocycles. The average molecular weight is 280 g/mol. The zero-order valence-electron chi connectivity index (χ0n) is 11.3. The molecule has 0 aliphatic carbocycles. The molecule has 3 N–H and O–H groups in total. The summed E-state index contributed by atoms with van der Waals surface area (Å²) in [6.45, 7) is 6.68. The fraction of sp³-hybridized carbons (Fsp3) is 0.385. The van der Waals surface area contributed by atoms with E-state index in [0.29, 0.717) is 5.02 Å². The number of aryl methyl sites for hydroxylation is 3. The van der Waals surface area contributed by atoms with Crippen molar-refractivity contribution in [2.45, 2.75) is 33.4 Å². The number of hydrazine groups is 1. The number of halogens is 1. The molecule has 0 amide bonds. The van der Waals surface area contributed by atoms with Crippen molar-refractivity contribution in [1.82, 2.24) is 20.2 Å². The molecule has 1 atom stereocenters. The molecule has 2 rings (SSSR count). The van der Waals surface area contributed by atoms with Gasteiger partial charge in [-0.25, -0.2) is 5.43 Å². The van der Waals surface area contributed by atoms with Crippen molar-refractivity contribution in [2.24, 2.45) is 5.84 Å². The highest BCUT2D eigenvalue weighted by Gasteiger charge is 2.22. The molecule has 0 aliphatic heterocycles. The van der Waals surface area contributed by atoms with Crippen LogP contribution in [0.5, 0.6) is 0 Å². The lowest BCUT2D eigenvalue weighted by molar-refractivity contribution is 0.540. The molecule has 102 valence electrons. The quantitative estimate of drug-likeness (QED) is 0.664. The molecular weight excluding hydrogens is 262 g/mol. The van der Waals surface area contributed by atoms with Gasteiger partial charge in [-0.05, 0) is 32.4 Å². The first-order chi connectivity index (χ1) is 9.08. The lowest BCUT2D eigenvalue weighted by atomic mass is 10.0. The fourth-order valence-corrected chi connectivity index (χ4v) is 2.48. The smallest absolute Gasteiger partial charge is 0.0910 e. The number of nitrogens with one attached hydrogen (secondary N) is 1. The van der Waals surface area contributed by atoms with Gasteiger partial charge < -0.3 is 0 Å². The van der Waals surface area contributed by atoms with E-state index >= 15 is 0 Å². The summed E-state index contributed by atoms with van der Waals surface area (Å²) in [6, 6.07) is 3.77. The average Bonchev–Trinajstić information content (AvgIpc) is 2.74. The van der Waals surface area contributed by atoms with Crippen LogP contribution in [0, 0.1) is 13.8 Å². The lowest BCUT2D eigenvalue weighted by Gasteiger charge is -2.20. The van der Waals surface area contributed by atoms with Gasteiger partial charge in [0.15, 0.2) is 0 Å². The molecule has 0 saturated carbocycles. The highest BCUT2D eigenvalue weighted by Crippen LogP contribution is 2.29. The summed E-state index contributed by atoms with van der Waals surface area (Å²) in [5, 5.41) is 4.85. The van der Waals surface area contributed by atoms with E-state index in [4.69, 9.17) is 17.4 Å². The maximum Gasteiger partial charge on any atom is 0.0910 e. The Morgan fingerprint density at radius 2 is 2.16 bits per heavy atom. The summed E-state index contributed by atoms with van der Waals surface area (Å²) in [5.41, 5.74) is 6.59. The van der Waals surface area contributed by atoms with Crippen LogP contribution in [0.15, 0.2) is 18.3 Å². The Morgan fingerprint density at radius 3 is 2.74 bits per heavy atom. The molecule has 6 heteroatoms. The van der Waals surface area contributed by atoms with E-state index in [1.165, 1.54) is 0 Å². The largest absolute Gasteiger partial charge is 0.271 e. The molecule has 0 radical (unpaired) electrons. The second-order valence-electron chi connectivity index (χ2n) is 4.42. The molecular formula is C13H18ClN5. The molecule has 19 heavy (non-hydrogen) atoms. The number of nitrogens with two attached hydrogens (primary N) is 1. The Hall–Kier alpha value is -1.43. The molecule has 2 aromatic heterocycles. The molecule has 2 aromatic rings. The number of rotatable bonds is 4. The van der Waals surface area contributed by atoms with Crippen LogP contribution in [-0.2, 0) is 6.54 Å². The second kappa shape index (κ2) is 5.69. The van der Waals surface area contributed by atoms with Crippen molar-refractivity contribution in [2.75, 3.05) is 0 Å². The molecule has 0 fully saturated rings. The van der Waals surface area contributed by atoms with Gasteiger partial charge in [-0.3, -0.25) is 15.5 Å². The van der Waals surface area contributed by atoms with Crippen LogP contribution in [0.3, 0.4) is 0 Å². The molecule has 0 aliphatic rings. The summed E-state index contributed by atoms with van der Waals surface area (Å²) >= 11 is 6.23. The first kappa shape index (κ1) is 14.0. The van der Waals surface area contributed by atoms with E-state index in [1.54, 1.807) is 6.20 Å². The summed E-state index contributed by atoms with van der Waals surface area (Å²) in [6.07, 6.45) is 1.64. The van der Waals surface area contributed by atoms with E-state index in [0.717, 1.165) is 29.2 Å². The van der Waals surface area contributed by atoms with E-state index < -0.39 is 0 Å². The third-order valence-electron chi connectivity index (χ3n) is 3.15. The van der Waals surface area contributed by atoms with Crippen LogP contribution >= 0.6 is 11.6 Å². The van der Waals surface area contributed by atoms with Crippen LogP contribution < -0.4 is 11.3 Å². The maximum absolute atomic E-state index is 6.23. The summed E-state index contributed by atoms with van der Waals surface area (Å²) in [7, 11) is 0. The summed E-state index contributed by atoms with van der Waals surface area (Å²) < 4.78 is 1.84. The first-order valence-corrected chi connectivity index (χ1v) is 6.57. The van der Waals surface area contributed by atoms with Crippen molar-refractivity contribution in [3.63, 3.8) is 0 Å². The lowest BCUT2D eigenvalue weighted by Crippen LogP contribution is -2.31. The highest BCUT2D eigenvalue weighted by molar-refractivity contribution is 6.31. The van der Waals surface area contributed by atoms with Crippen LogP contribution in [0.4, 0.5) is 0 Å². The third-order valence-corrected chi connectivity index (χ3v) is 3.44. The number of nitrogens with zero attached hydrogens (tertiary/aromatic N) is 3. The second-order valence-corrected chi connectivity index (χ2v) is 4.83. The molecule has 0 spiro atoms. The van der Waals surface area contributed by atoms with Crippen molar-refractivity contribution >= 4 is 11.6 Å². The minimum Gasteiger partial charge on any atom is -0.271 e. The molecule has 5 nitrogen and oxygen atoms in total. The molecule has 0 bridgehead atoms. The Morgan fingerprint density at radius 1 is 1.42 bits per heavy atom. The number of aromatic nitrogens is 3. The zero-order valence-corrected chi connectivity index (χ0v) is 12.1. The van der Waals surface area contributed by atoms with E-state index in [9.17, 15) is 0 Å². The first-order valence-electron chi connectivity index (χ1n) is 6.20. The number of hydrogen-bond donors (Lipinski definition) is 2. The molecule has 0 saturated heterocycles. The highest BCUT2D eigenvalue weighted by atomic mass is 35.5. The minimum atomic E-state index is -0.219. The summed E-state index contributed by atoms with van der Waals surface area (Å²) in [5.74, 6) is 5.72. The van der Waals surface area contributed by atoms with Gasteiger partial charge in [0.25, 0.3) is 0 Å². The Bertz CT molecular complexity index is 578. The number of pyridine rings is 1. The normalized spacial score (nSPS) is 12.7. The van der Waals surface area contributed by atoms with Gasteiger partial charge in [-0.1, -0.05) is 17.7 Å². The van der Waals surface area contributed by atoms with E-state index in [1.807, 2.05) is 37.6 Å². The van der Waals surface area contributed by atoms with Crippen LogP contribution in [0.25, 0.3) is 0 Å². The SMILES string of the molecule is CCn1ncc(Cl)c1C(NN)c1ccc(C)nc1C. The van der Waals surface area contributed by atoms with Crippen LogP contribution in [-0.4, -0.2) is 14.8 Å². The Kier molecular flexibility index (Phi) is 4.19. The van der Waals surface area contributed by atoms with Crippen molar-refractivity contribution < 1.29 is 0 Å². The van der Waals surface area contributed by atoms with Gasteiger partial charge in [0, 0.05) is 17.9 Å². The van der Waals surface area contributed by atoms with Crippen molar-refractivity contribution in [3.05, 3.63) is 46.0 Å². The minimum absolute atomic E-state index is 0.219. The molecule has 1 unspecified atom stereocenters. The Labute approximate surface area is 117 Å². The maximum atomic E-state index is 6.23. The predicted octanol–water partition coefficient (Wildman–Crippen LogP) is 2.12. The van der Waals surface area contributed by atoms with Gasteiger partial charge in [0.2, 0.25) is 0 Å². The standard InChI is InChI=1S/C13H18ClN5/c1-4-19-13(11(14)7-16-19)12(18-15)10-6-5-8(2)17-9(10)3/h5-7,12,18H,4,15H2,1-3H3. The van der Waals surface area contributed by atoms with Crippen LogP contribution in [0.2, 0.25) is 5.02 Å². The topological polar surface area (TPSA) is 68.8 Å². The van der Waals surface area contributed by atoms with E-state index in [2.05, 4.69) is 15.5 Å². The molecule has 0 aromatic carbocycles. The predicted molar refractivity (Wildman–Crippen MR) is 75.8 cm³/mol.